The molecule has 4 heteroatoms. The van der Waals surface area contributed by atoms with Crippen LogP contribution in [0.2, 0.25) is 0 Å². The van der Waals surface area contributed by atoms with E-state index in [1.807, 2.05) is 0 Å². The summed E-state index contributed by atoms with van der Waals surface area (Å²) in [6.45, 7) is 0. The van der Waals surface area contributed by atoms with E-state index in [9.17, 15) is 9.90 Å². The molecule has 0 aliphatic heterocycles. The van der Waals surface area contributed by atoms with E-state index in [1.54, 1.807) is 18.4 Å². The van der Waals surface area contributed by atoms with E-state index in [0.717, 1.165) is 0 Å². The van der Waals surface area contributed by atoms with E-state index in [4.69, 9.17) is 9.52 Å². The van der Waals surface area contributed by atoms with E-state index in [0.29, 0.717) is 25.0 Å². The highest BCUT2D eigenvalue weighted by atomic mass is 16.4. The van der Waals surface area contributed by atoms with Crippen molar-refractivity contribution in [2.24, 2.45) is 5.92 Å². The van der Waals surface area contributed by atoms with Crippen LogP contribution in [0.25, 0.3) is 0 Å². The molecule has 1 aromatic rings. The summed E-state index contributed by atoms with van der Waals surface area (Å²) in [6.07, 6.45) is 2.60. The van der Waals surface area contributed by atoms with Gasteiger partial charge in [0.15, 0.2) is 0 Å². The molecule has 2 N–H and O–H groups in total. The lowest BCUT2D eigenvalue weighted by atomic mass is 9.69. The molecule has 0 saturated heterocycles. The summed E-state index contributed by atoms with van der Waals surface area (Å²) in [5, 5.41) is 18.5. The molecule has 0 amide bonds. The second-order valence-corrected chi connectivity index (χ2v) is 3.92. The number of aliphatic carboxylic acids is 1. The van der Waals surface area contributed by atoms with Gasteiger partial charge in [0.05, 0.1) is 17.8 Å². The maximum Gasteiger partial charge on any atom is 0.306 e. The highest BCUT2D eigenvalue weighted by molar-refractivity contribution is 5.71. The van der Waals surface area contributed by atoms with Crippen LogP contribution in [0.5, 0.6) is 0 Å². The first-order valence-electron chi connectivity index (χ1n) is 4.57. The summed E-state index contributed by atoms with van der Waals surface area (Å²) in [4.78, 5) is 10.5. The average Bonchev–Trinajstić information content (AvgIpc) is 2.51. The summed E-state index contributed by atoms with van der Waals surface area (Å²) in [7, 11) is 0. The van der Waals surface area contributed by atoms with Crippen LogP contribution in [0.4, 0.5) is 0 Å². The topological polar surface area (TPSA) is 70.7 Å². The zero-order chi connectivity index (χ0) is 10.2. The number of carbonyl (C=O) groups is 1. The van der Waals surface area contributed by atoms with Gasteiger partial charge in [-0.3, -0.25) is 4.79 Å². The van der Waals surface area contributed by atoms with Gasteiger partial charge in [0.25, 0.3) is 0 Å². The van der Waals surface area contributed by atoms with Crippen LogP contribution in [-0.2, 0) is 11.2 Å². The van der Waals surface area contributed by atoms with Crippen LogP contribution >= 0.6 is 0 Å². The van der Waals surface area contributed by atoms with Gasteiger partial charge in [0, 0.05) is 6.42 Å². The Morgan fingerprint density at radius 2 is 2.36 bits per heavy atom. The van der Waals surface area contributed by atoms with Crippen molar-refractivity contribution >= 4 is 5.97 Å². The average molecular weight is 196 g/mol. The van der Waals surface area contributed by atoms with E-state index in [1.165, 1.54) is 0 Å². The Morgan fingerprint density at radius 3 is 2.86 bits per heavy atom. The SMILES string of the molecule is O=C(O)C1CC(O)(Cc2ccco2)C1. The minimum atomic E-state index is -0.874. The molecule has 0 spiro atoms. The first-order chi connectivity index (χ1) is 6.59. The lowest BCUT2D eigenvalue weighted by Crippen LogP contribution is -2.48. The van der Waals surface area contributed by atoms with Crippen molar-refractivity contribution in [1.82, 2.24) is 0 Å². The van der Waals surface area contributed by atoms with E-state index in [2.05, 4.69) is 0 Å². The highest BCUT2D eigenvalue weighted by Gasteiger charge is 2.46. The smallest absolute Gasteiger partial charge is 0.306 e. The summed E-state index contributed by atoms with van der Waals surface area (Å²) in [5.41, 5.74) is -0.874. The van der Waals surface area contributed by atoms with Gasteiger partial charge in [0.1, 0.15) is 5.76 Å². The van der Waals surface area contributed by atoms with Crippen LogP contribution in [0.3, 0.4) is 0 Å². The van der Waals surface area contributed by atoms with Crippen molar-refractivity contribution in [3.05, 3.63) is 24.2 Å². The van der Waals surface area contributed by atoms with Gasteiger partial charge in [-0.2, -0.15) is 0 Å². The minimum Gasteiger partial charge on any atom is -0.481 e. The Bertz CT molecular complexity index is 322. The summed E-state index contributed by atoms with van der Waals surface area (Å²) in [5.74, 6) is -0.513. The van der Waals surface area contributed by atoms with Crippen LogP contribution in [-0.4, -0.2) is 21.8 Å². The van der Waals surface area contributed by atoms with Crippen molar-refractivity contribution in [2.75, 3.05) is 0 Å². The fraction of sp³-hybridized carbons (Fsp3) is 0.500. The minimum absolute atomic E-state index is 0.322. The van der Waals surface area contributed by atoms with Crippen LogP contribution in [0.15, 0.2) is 22.8 Å². The first kappa shape index (κ1) is 9.27. The molecule has 1 aromatic heterocycles. The standard InChI is InChI=1S/C10H12O4/c11-9(12)7-4-10(13,5-7)6-8-2-1-3-14-8/h1-3,7,13H,4-6H2,(H,11,12). The van der Waals surface area contributed by atoms with Gasteiger partial charge in [-0.25, -0.2) is 0 Å². The van der Waals surface area contributed by atoms with E-state index < -0.39 is 17.5 Å². The second-order valence-electron chi connectivity index (χ2n) is 3.92. The van der Waals surface area contributed by atoms with Gasteiger partial charge >= 0.3 is 5.97 Å². The molecule has 0 aromatic carbocycles. The molecule has 0 bridgehead atoms. The fourth-order valence-electron chi connectivity index (χ4n) is 1.91. The number of hydrogen-bond acceptors (Lipinski definition) is 3. The summed E-state index contributed by atoms with van der Waals surface area (Å²) < 4.78 is 5.09. The normalized spacial score (nSPS) is 31.1. The zero-order valence-corrected chi connectivity index (χ0v) is 7.64. The third-order valence-corrected chi connectivity index (χ3v) is 2.69. The molecule has 0 radical (unpaired) electrons. The van der Waals surface area contributed by atoms with Gasteiger partial charge in [-0.15, -0.1) is 0 Å². The second kappa shape index (κ2) is 3.13. The Morgan fingerprint density at radius 1 is 1.64 bits per heavy atom. The molecule has 1 heterocycles. The Kier molecular flexibility index (Phi) is 2.07. The highest BCUT2D eigenvalue weighted by Crippen LogP contribution is 2.40. The third-order valence-electron chi connectivity index (χ3n) is 2.69. The lowest BCUT2D eigenvalue weighted by molar-refractivity contribution is -0.158. The predicted octanol–water partition coefficient (Wildman–Crippen LogP) is 1.05. The number of furan rings is 1. The number of aliphatic hydroxyl groups is 1. The molecule has 0 atom stereocenters. The van der Waals surface area contributed by atoms with E-state index >= 15 is 0 Å². The van der Waals surface area contributed by atoms with Crippen LogP contribution < -0.4 is 0 Å². The van der Waals surface area contributed by atoms with Crippen LogP contribution in [0.1, 0.15) is 18.6 Å². The Hall–Kier alpha value is -1.29. The maximum atomic E-state index is 10.5. The molecule has 1 saturated carbocycles. The third kappa shape index (κ3) is 1.65. The molecular formula is C10H12O4. The molecule has 0 unspecified atom stereocenters. The van der Waals surface area contributed by atoms with Crippen molar-refractivity contribution in [3.63, 3.8) is 0 Å². The number of carboxylic acids is 1. The number of hydrogen-bond donors (Lipinski definition) is 2. The lowest BCUT2D eigenvalue weighted by Gasteiger charge is -2.40. The molecule has 76 valence electrons. The van der Waals surface area contributed by atoms with E-state index in [-0.39, 0.29) is 0 Å². The van der Waals surface area contributed by atoms with Crippen molar-refractivity contribution < 1.29 is 19.4 Å². The predicted molar refractivity (Wildman–Crippen MR) is 47.7 cm³/mol. The van der Waals surface area contributed by atoms with Crippen LogP contribution in [0, 0.1) is 5.92 Å². The van der Waals surface area contributed by atoms with Crippen molar-refractivity contribution in [2.45, 2.75) is 24.9 Å². The van der Waals surface area contributed by atoms with Gasteiger partial charge in [0.2, 0.25) is 0 Å². The largest absolute Gasteiger partial charge is 0.481 e. The quantitative estimate of drug-likeness (QED) is 0.758. The van der Waals surface area contributed by atoms with Crippen molar-refractivity contribution in [3.8, 4) is 0 Å². The molecule has 2 rings (SSSR count). The van der Waals surface area contributed by atoms with Gasteiger partial charge in [-0.05, 0) is 25.0 Å². The molecule has 14 heavy (non-hydrogen) atoms. The Labute approximate surface area is 81.2 Å². The Balaban J connectivity index is 1.92. The first-order valence-corrected chi connectivity index (χ1v) is 4.57. The van der Waals surface area contributed by atoms with Crippen molar-refractivity contribution in [1.29, 1.82) is 0 Å². The maximum absolute atomic E-state index is 10.5. The molecule has 1 fully saturated rings. The molecule has 1 aliphatic rings. The monoisotopic (exact) mass is 196 g/mol. The molecule has 4 nitrogen and oxygen atoms in total. The van der Waals surface area contributed by atoms with Gasteiger partial charge in [-0.1, -0.05) is 0 Å². The van der Waals surface area contributed by atoms with Gasteiger partial charge < -0.3 is 14.6 Å². The number of rotatable bonds is 3. The molecule has 1 aliphatic carbocycles. The molecular weight excluding hydrogens is 184 g/mol. The zero-order valence-electron chi connectivity index (χ0n) is 7.64. The summed E-state index contributed by atoms with van der Waals surface area (Å²) >= 11 is 0. The summed E-state index contributed by atoms with van der Waals surface area (Å²) in [6, 6.07) is 3.54. The number of carboxylic acid groups (broad SMARTS) is 1. The fourth-order valence-corrected chi connectivity index (χ4v) is 1.91.